The van der Waals surface area contributed by atoms with Crippen LogP contribution in [0.4, 0.5) is 0 Å². The normalized spacial score (nSPS) is 11.9. The van der Waals surface area contributed by atoms with Crippen LogP contribution < -0.4 is 0 Å². The molecule has 0 N–H and O–H groups in total. The Hall–Kier alpha value is -3.66. The Morgan fingerprint density at radius 2 is 1.32 bits per heavy atom. The number of fused-ring (bicyclic) bond motifs is 6. The van der Waals surface area contributed by atoms with Gasteiger partial charge in [-0.2, -0.15) is 0 Å². The molecule has 0 aliphatic rings. The molecular formula is C24H18N4. The Kier molecular flexibility index (Phi) is 2.98. The van der Waals surface area contributed by atoms with Crippen LogP contribution in [0, 0.1) is 0 Å². The van der Waals surface area contributed by atoms with Crippen molar-refractivity contribution in [2.75, 3.05) is 0 Å². The molecule has 0 aliphatic carbocycles. The van der Waals surface area contributed by atoms with E-state index in [1.54, 1.807) is 0 Å². The Bertz CT molecular complexity index is 1540. The van der Waals surface area contributed by atoms with Crippen molar-refractivity contribution in [1.82, 2.24) is 19.1 Å². The first-order valence-corrected chi connectivity index (χ1v) is 9.40. The van der Waals surface area contributed by atoms with Crippen molar-refractivity contribution in [3.8, 4) is 11.4 Å². The second-order valence-corrected chi connectivity index (χ2v) is 7.29. The lowest BCUT2D eigenvalue weighted by Crippen LogP contribution is -1.94. The second-order valence-electron chi connectivity index (χ2n) is 7.29. The van der Waals surface area contributed by atoms with E-state index in [2.05, 4.69) is 83.9 Å². The molecule has 0 amide bonds. The van der Waals surface area contributed by atoms with Crippen molar-refractivity contribution in [3.05, 3.63) is 73.1 Å². The van der Waals surface area contributed by atoms with Crippen LogP contribution in [-0.4, -0.2) is 19.1 Å². The standard InChI is InChI=1S/C24H18N4/c1-27-20-9-5-4-8-16(20)18-13-19(26-14-22(18)27)23-24-17(11-12-25-23)15-7-3-6-10-21(15)28(24)2/h3-14H,1-2H3. The van der Waals surface area contributed by atoms with Crippen molar-refractivity contribution in [3.63, 3.8) is 0 Å². The summed E-state index contributed by atoms with van der Waals surface area (Å²) in [6, 6.07) is 21.2. The number of para-hydroxylation sites is 2. The highest BCUT2D eigenvalue weighted by molar-refractivity contribution is 6.13. The molecule has 6 aromatic rings. The molecule has 4 heterocycles. The van der Waals surface area contributed by atoms with Crippen molar-refractivity contribution in [2.24, 2.45) is 14.1 Å². The third-order valence-electron chi connectivity index (χ3n) is 5.86. The van der Waals surface area contributed by atoms with E-state index < -0.39 is 0 Å². The summed E-state index contributed by atoms with van der Waals surface area (Å²) >= 11 is 0. The highest BCUT2D eigenvalue weighted by atomic mass is 15.0. The van der Waals surface area contributed by atoms with E-state index in [1.165, 1.54) is 32.6 Å². The van der Waals surface area contributed by atoms with Crippen LogP contribution in [0.25, 0.3) is 55.0 Å². The first-order chi connectivity index (χ1) is 13.7. The van der Waals surface area contributed by atoms with Crippen LogP contribution >= 0.6 is 0 Å². The second kappa shape index (κ2) is 5.42. The molecule has 0 saturated carbocycles. The zero-order valence-electron chi connectivity index (χ0n) is 15.7. The van der Waals surface area contributed by atoms with Crippen LogP contribution in [0.1, 0.15) is 0 Å². The third-order valence-corrected chi connectivity index (χ3v) is 5.86. The van der Waals surface area contributed by atoms with Crippen LogP contribution in [0.3, 0.4) is 0 Å². The molecule has 4 heteroatoms. The molecule has 0 unspecified atom stereocenters. The minimum atomic E-state index is 0.903. The lowest BCUT2D eigenvalue weighted by atomic mass is 10.1. The van der Waals surface area contributed by atoms with E-state index in [9.17, 15) is 0 Å². The summed E-state index contributed by atoms with van der Waals surface area (Å²) in [6.07, 6.45) is 3.85. The Balaban J connectivity index is 1.72. The molecule has 0 spiro atoms. The van der Waals surface area contributed by atoms with Crippen LogP contribution in [-0.2, 0) is 14.1 Å². The van der Waals surface area contributed by atoms with Gasteiger partial charge in [-0.15, -0.1) is 0 Å². The zero-order chi connectivity index (χ0) is 18.8. The first-order valence-electron chi connectivity index (χ1n) is 9.40. The number of nitrogens with zero attached hydrogens (tertiary/aromatic N) is 4. The number of benzene rings is 2. The SMILES string of the molecule is Cn1c2ccccc2c2cc(-c3nccc4c5ccccc5n(C)c34)ncc21. The number of hydrogen-bond acceptors (Lipinski definition) is 2. The minimum Gasteiger partial charge on any atom is -0.342 e. The van der Waals surface area contributed by atoms with Gasteiger partial charge in [0.05, 0.1) is 22.9 Å². The summed E-state index contributed by atoms with van der Waals surface area (Å²) in [5, 5.41) is 4.91. The fourth-order valence-corrected chi connectivity index (χ4v) is 4.50. The third kappa shape index (κ3) is 1.89. The summed E-state index contributed by atoms with van der Waals surface area (Å²) in [5.74, 6) is 0. The van der Waals surface area contributed by atoms with Gasteiger partial charge in [0.2, 0.25) is 0 Å². The van der Waals surface area contributed by atoms with Gasteiger partial charge in [0.15, 0.2) is 0 Å². The molecule has 0 saturated heterocycles. The van der Waals surface area contributed by atoms with Crippen molar-refractivity contribution >= 4 is 43.6 Å². The molecule has 28 heavy (non-hydrogen) atoms. The van der Waals surface area contributed by atoms with Gasteiger partial charge in [0.1, 0.15) is 5.69 Å². The molecule has 134 valence electrons. The minimum absolute atomic E-state index is 0.903. The molecule has 6 rings (SSSR count). The molecule has 4 aromatic heterocycles. The zero-order valence-corrected chi connectivity index (χ0v) is 15.7. The number of rotatable bonds is 1. The Morgan fingerprint density at radius 1 is 0.643 bits per heavy atom. The highest BCUT2D eigenvalue weighted by Gasteiger charge is 2.16. The van der Waals surface area contributed by atoms with Crippen LogP contribution in [0.15, 0.2) is 73.1 Å². The van der Waals surface area contributed by atoms with Gasteiger partial charge >= 0.3 is 0 Å². The number of hydrogen-bond donors (Lipinski definition) is 0. The van der Waals surface area contributed by atoms with Crippen molar-refractivity contribution in [2.45, 2.75) is 0 Å². The quantitative estimate of drug-likeness (QED) is 0.391. The van der Waals surface area contributed by atoms with Crippen LogP contribution in [0.5, 0.6) is 0 Å². The summed E-state index contributed by atoms with van der Waals surface area (Å²) in [4.78, 5) is 9.53. The Labute approximate surface area is 161 Å². The van der Waals surface area contributed by atoms with E-state index >= 15 is 0 Å². The summed E-state index contributed by atoms with van der Waals surface area (Å²) < 4.78 is 4.42. The van der Waals surface area contributed by atoms with E-state index in [1.807, 2.05) is 12.4 Å². The molecular weight excluding hydrogens is 344 g/mol. The number of pyridine rings is 2. The maximum Gasteiger partial charge on any atom is 0.113 e. The van der Waals surface area contributed by atoms with E-state index in [0.29, 0.717) is 0 Å². The molecule has 0 fully saturated rings. The van der Waals surface area contributed by atoms with Gasteiger partial charge in [0, 0.05) is 52.9 Å². The van der Waals surface area contributed by atoms with Gasteiger partial charge in [-0.05, 0) is 24.3 Å². The largest absolute Gasteiger partial charge is 0.342 e. The monoisotopic (exact) mass is 362 g/mol. The molecule has 0 atom stereocenters. The molecule has 0 aliphatic heterocycles. The lowest BCUT2D eigenvalue weighted by Gasteiger charge is -2.06. The predicted molar refractivity (Wildman–Crippen MR) is 115 cm³/mol. The molecule has 0 radical (unpaired) electrons. The van der Waals surface area contributed by atoms with Crippen molar-refractivity contribution in [1.29, 1.82) is 0 Å². The summed E-state index contributed by atoms with van der Waals surface area (Å²) in [6.45, 7) is 0. The van der Waals surface area contributed by atoms with Crippen molar-refractivity contribution < 1.29 is 0 Å². The maximum absolute atomic E-state index is 4.80. The fourth-order valence-electron chi connectivity index (χ4n) is 4.50. The Morgan fingerprint density at radius 3 is 2.11 bits per heavy atom. The molecule has 2 aromatic carbocycles. The van der Waals surface area contributed by atoms with E-state index in [-0.39, 0.29) is 0 Å². The average Bonchev–Trinajstić information content (AvgIpc) is 3.21. The van der Waals surface area contributed by atoms with Gasteiger partial charge in [-0.25, -0.2) is 0 Å². The van der Waals surface area contributed by atoms with Gasteiger partial charge < -0.3 is 9.13 Å². The lowest BCUT2D eigenvalue weighted by molar-refractivity contribution is 1.00. The molecule has 0 bridgehead atoms. The number of aromatic nitrogens is 4. The summed E-state index contributed by atoms with van der Waals surface area (Å²) in [7, 11) is 4.20. The maximum atomic E-state index is 4.80. The highest BCUT2D eigenvalue weighted by Crippen LogP contribution is 2.35. The van der Waals surface area contributed by atoms with Gasteiger partial charge in [-0.3, -0.25) is 9.97 Å². The van der Waals surface area contributed by atoms with E-state index in [4.69, 9.17) is 9.97 Å². The van der Waals surface area contributed by atoms with Gasteiger partial charge in [-0.1, -0.05) is 36.4 Å². The topological polar surface area (TPSA) is 35.6 Å². The smallest absolute Gasteiger partial charge is 0.113 e. The van der Waals surface area contributed by atoms with E-state index in [0.717, 1.165) is 22.4 Å². The first kappa shape index (κ1) is 15.4. The fraction of sp³-hybridized carbons (Fsp3) is 0.0833. The van der Waals surface area contributed by atoms with Crippen LogP contribution in [0.2, 0.25) is 0 Å². The molecule has 4 nitrogen and oxygen atoms in total. The average molecular weight is 362 g/mol. The summed E-state index contributed by atoms with van der Waals surface area (Å²) in [5.41, 5.74) is 6.50. The number of aryl methyl sites for hydroxylation is 2. The predicted octanol–water partition coefficient (Wildman–Crippen LogP) is 5.43. The van der Waals surface area contributed by atoms with Gasteiger partial charge in [0.25, 0.3) is 0 Å².